The van der Waals surface area contributed by atoms with Crippen LogP contribution < -0.4 is 0 Å². The van der Waals surface area contributed by atoms with Crippen molar-refractivity contribution < 1.29 is 13.5 Å². The average molecular weight is 280 g/mol. The zero-order chi connectivity index (χ0) is 13.5. The van der Waals surface area contributed by atoms with E-state index >= 15 is 0 Å². The Labute approximate surface area is 111 Å². The van der Waals surface area contributed by atoms with Gasteiger partial charge in [-0.1, -0.05) is 6.42 Å². The SMILES string of the molecule is O=S1(=O)CCCCC1Cc1cn2cc(O)ccc2n1. The van der Waals surface area contributed by atoms with Crippen LogP contribution in [0.5, 0.6) is 5.75 Å². The van der Waals surface area contributed by atoms with Crippen LogP contribution >= 0.6 is 0 Å². The number of pyridine rings is 1. The van der Waals surface area contributed by atoms with E-state index < -0.39 is 9.84 Å². The van der Waals surface area contributed by atoms with Crippen molar-refractivity contribution in [2.45, 2.75) is 30.9 Å². The molecule has 1 aliphatic rings. The first-order chi connectivity index (χ1) is 9.04. The fourth-order valence-corrected chi connectivity index (χ4v) is 4.51. The van der Waals surface area contributed by atoms with Gasteiger partial charge in [0.1, 0.15) is 11.4 Å². The Morgan fingerprint density at radius 1 is 1.32 bits per heavy atom. The molecule has 0 saturated carbocycles. The van der Waals surface area contributed by atoms with Gasteiger partial charge >= 0.3 is 0 Å². The predicted octanol–water partition coefficient (Wildman–Crippen LogP) is 1.55. The highest BCUT2D eigenvalue weighted by atomic mass is 32.2. The third-order valence-corrected chi connectivity index (χ3v) is 5.91. The van der Waals surface area contributed by atoms with Gasteiger partial charge in [-0.3, -0.25) is 0 Å². The Kier molecular flexibility index (Phi) is 2.97. The first kappa shape index (κ1) is 12.5. The molecule has 0 aliphatic carbocycles. The van der Waals surface area contributed by atoms with E-state index in [1.54, 1.807) is 28.9 Å². The third-order valence-electron chi connectivity index (χ3n) is 3.63. The Balaban J connectivity index is 1.88. The molecule has 1 fully saturated rings. The number of aromatic hydroxyl groups is 1. The maximum atomic E-state index is 12.0. The second-order valence-electron chi connectivity index (χ2n) is 5.07. The van der Waals surface area contributed by atoms with Gasteiger partial charge in [0.05, 0.1) is 22.9 Å². The van der Waals surface area contributed by atoms with Gasteiger partial charge in [0.15, 0.2) is 9.84 Å². The summed E-state index contributed by atoms with van der Waals surface area (Å²) in [5.74, 6) is 0.466. The zero-order valence-corrected chi connectivity index (χ0v) is 11.3. The summed E-state index contributed by atoms with van der Waals surface area (Å²) in [6.45, 7) is 0. The van der Waals surface area contributed by atoms with E-state index in [-0.39, 0.29) is 11.0 Å². The molecule has 0 amide bonds. The molecule has 2 aromatic heterocycles. The molecule has 0 radical (unpaired) electrons. The highest BCUT2D eigenvalue weighted by molar-refractivity contribution is 7.92. The molecule has 19 heavy (non-hydrogen) atoms. The van der Waals surface area contributed by atoms with Crippen LogP contribution in [-0.2, 0) is 16.3 Å². The van der Waals surface area contributed by atoms with Gasteiger partial charge in [-0.25, -0.2) is 13.4 Å². The molecule has 1 saturated heterocycles. The summed E-state index contributed by atoms with van der Waals surface area (Å²) < 4.78 is 25.7. The van der Waals surface area contributed by atoms with Crippen molar-refractivity contribution in [2.75, 3.05) is 5.75 Å². The van der Waals surface area contributed by atoms with Gasteiger partial charge in [-0.05, 0) is 25.0 Å². The summed E-state index contributed by atoms with van der Waals surface area (Å²) in [7, 11) is -2.97. The Bertz CT molecular complexity index is 706. The van der Waals surface area contributed by atoms with Crippen molar-refractivity contribution in [1.82, 2.24) is 9.38 Å². The van der Waals surface area contributed by atoms with Crippen LogP contribution in [0.3, 0.4) is 0 Å². The Hall–Kier alpha value is -1.56. The van der Waals surface area contributed by atoms with Crippen molar-refractivity contribution in [3.8, 4) is 5.75 Å². The van der Waals surface area contributed by atoms with Crippen molar-refractivity contribution in [2.24, 2.45) is 0 Å². The molecule has 5 nitrogen and oxygen atoms in total. The summed E-state index contributed by atoms with van der Waals surface area (Å²) in [5.41, 5.74) is 1.49. The average Bonchev–Trinajstić information content (AvgIpc) is 2.73. The lowest BCUT2D eigenvalue weighted by atomic mass is 10.1. The number of sulfone groups is 1. The van der Waals surface area contributed by atoms with E-state index in [9.17, 15) is 13.5 Å². The molecule has 0 spiro atoms. The number of fused-ring (bicyclic) bond motifs is 1. The molecule has 1 N–H and O–H groups in total. The molecular formula is C13H16N2O3S. The molecule has 1 unspecified atom stereocenters. The van der Waals surface area contributed by atoms with Gasteiger partial charge in [0.25, 0.3) is 0 Å². The highest BCUT2D eigenvalue weighted by Gasteiger charge is 2.29. The topological polar surface area (TPSA) is 71.7 Å². The first-order valence-electron chi connectivity index (χ1n) is 6.43. The number of imidazole rings is 1. The Morgan fingerprint density at radius 3 is 2.95 bits per heavy atom. The van der Waals surface area contributed by atoms with Crippen LogP contribution in [0.1, 0.15) is 25.0 Å². The van der Waals surface area contributed by atoms with Crippen LogP contribution in [0, 0.1) is 0 Å². The molecule has 3 rings (SSSR count). The van der Waals surface area contributed by atoms with E-state index in [0.717, 1.165) is 30.6 Å². The van der Waals surface area contributed by atoms with Gasteiger partial charge in [0, 0.05) is 12.6 Å². The molecule has 0 bridgehead atoms. The summed E-state index contributed by atoms with van der Waals surface area (Å²) >= 11 is 0. The normalized spacial score (nSPS) is 22.6. The molecule has 3 heterocycles. The summed E-state index contributed by atoms with van der Waals surface area (Å²) in [5, 5.41) is 9.09. The predicted molar refractivity (Wildman–Crippen MR) is 72.0 cm³/mol. The summed E-state index contributed by atoms with van der Waals surface area (Å²) in [4.78, 5) is 4.40. The van der Waals surface area contributed by atoms with Gasteiger partial charge in [0.2, 0.25) is 0 Å². The quantitative estimate of drug-likeness (QED) is 0.906. The maximum absolute atomic E-state index is 12.0. The minimum Gasteiger partial charge on any atom is -0.506 e. The van der Waals surface area contributed by atoms with E-state index in [0.29, 0.717) is 12.2 Å². The fraction of sp³-hybridized carbons (Fsp3) is 0.462. The zero-order valence-electron chi connectivity index (χ0n) is 10.5. The van der Waals surface area contributed by atoms with E-state index in [2.05, 4.69) is 4.98 Å². The lowest BCUT2D eigenvalue weighted by Gasteiger charge is -2.21. The molecule has 1 atom stereocenters. The fourth-order valence-electron chi connectivity index (χ4n) is 2.61. The van der Waals surface area contributed by atoms with Crippen molar-refractivity contribution >= 4 is 15.5 Å². The van der Waals surface area contributed by atoms with Crippen LogP contribution in [0.2, 0.25) is 0 Å². The van der Waals surface area contributed by atoms with Gasteiger partial charge in [-0.2, -0.15) is 0 Å². The van der Waals surface area contributed by atoms with E-state index in [1.807, 2.05) is 0 Å². The van der Waals surface area contributed by atoms with Crippen LogP contribution in [0.4, 0.5) is 0 Å². The van der Waals surface area contributed by atoms with Crippen molar-refractivity contribution in [3.05, 3.63) is 30.2 Å². The number of rotatable bonds is 2. The second kappa shape index (κ2) is 4.52. The van der Waals surface area contributed by atoms with Crippen molar-refractivity contribution in [3.63, 3.8) is 0 Å². The standard InChI is InChI=1S/C13H16N2O3S/c16-11-4-5-13-14-10(8-15(13)9-11)7-12-3-1-2-6-19(12,17)18/h4-5,8-9,12,16H,1-3,6-7H2. The van der Waals surface area contributed by atoms with E-state index in [4.69, 9.17) is 0 Å². The van der Waals surface area contributed by atoms with E-state index in [1.165, 1.54) is 0 Å². The lowest BCUT2D eigenvalue weighted by Crippen LogP contribution is -2.30. The number of hydrogen-bond donors (Lipinski definition) is 1. The smallest absolute Gasteiger partial charge is 0.153 e. The van der Waals surface area contributed by atoms with Crippen LogP contribution in [0.25, 0.3) is 5.65 Å². The molecule has 6 heteroatoms. The molecule has 2 aromatic rings. The monoisotopic (exact) mass is 280 g/mol. The number of aromatic nitrogens is 2. The van der Waals surface area contributed by atoms with Crippen LogP contribution in [0.15, 0.2) is 24.5 Å². The van der Waals surface area contributed by atoms with Crippen molar-refractivity contribution in [1.29, 1.82) is 0 Å². The summed E-state index contributed by atoms with van der Waals surface area (Å²) in [6, 6.07) is 3.29. The minimum atomic E-state index is -2.97. The lowest BCUT2D eigenvalue weighted by molar-refractivity contribution is 0.472. The van der Waals surface area contributed by atoms with Gasteiger partial charge < -0.3 is 9.51 Å². The minimum absolute atomic E-state index is 0.168. The van der Waals surface area contributed by atoms with Gasteiger partial charge in [-0.15, -0.1) is 0 Å². The maximum Gasteiger partial charge on any atom is 0.153 e. The number of nitrogens with zero attached hydrogens (tertiary/aromatic N) is 2. The summed E-state index contributed by atoms with van der Waals surface area (Å²) in [6.07, 6.45) is 6.29. The highest BCUT2D eigenvalue weighted by Crippen LogP contribution is 2.23. The Morgan fingerprint density at radius 2 is 2.16 bits per heavy atom. The molecule has 0 aromatic carbocycles. The number of hydrogen-bond acceptors (Lipinski definition) is 4. The molecule has 1 aliphatic heterocycles. The molecule has 102 valence electrons. The van der Waals surface area contributed by atoms with Crippen LogP contribution in [-0.4, -0.2) is 33.9 Å². The first-order valence-corrected chi connectivity index (χ1v) is 8.14. The second-order valence-corrected chi connectivity index (χ2v) is 7.47. The molecular weight excluding hydrogens is 264 g/mol. The third kappa shape index (κ3) is 2.45. The largest absolute Gasteiger partial charge is 0.506 e.